The van der Waals surface area contributed by atoms with Crippen LogP contribution in [0.1, 0.15) is 12.0 Å². The Labute approximate surface area is 129 Å². The van der Waals surface area contributed by atoms with Crippen molar-refractivity contribution in [1.82, 2.24) is 9.97 Å². The summed E-state index contributed by atoms with van der Waals surface area (Å²) in [5.74, 6) is 2.14. The van der Waals surface area contributed by atoms with Crippen LogP contribution in [-0.4, -0.2) is 37.2 Å². The topological polar surface area (TPSA) is 50.3 Å². The third-order valence-electron chi connectivity index (χ3n) is 4.04. The largest absolute Gasteiger partial charge is 0.497 e. The van der Waals surface area contributed by atoms with Gasteiger partial charge in [-0.05, 0) is 17.7 Å². The van der Waals surface area contributed by atoms with E-state index in [4.69, 9.17) is 4.74 Å². The molecular weight excluding hydrogens is 283 g/mol. The second kappa shape index (κ2) is 5.79. The lowest BCUT2D eigenvalue weighted by atomic mass is 9.95. The van der Waals surface area contributed by atoms with Crippen molar-refractivity contribution in [3.05, 3.63) is 42.2 Å². The number of benzene rings is 1. The van der Waals surface area contributed by atoms with Crippen molar-refractivity contribution in [1.29, 1.82) is 0 Å². The Morgan fingerprint density at radius 3 is 2.95 bits per heavy atom. The Kier molecular flexibility index (Phi) is 3.83. The lowest BCUT2D eigenvalue weighted by Crippen LogP contribution is -2.27. The van der Waals surface area contributed by atoms with Crippen molar-refractivity contribution in [2.24, 2.45) is 0 Å². The van der Waals surface area contributed by atoms with Crippen molar-refractivity contribution in [2.75, 3.05) is 37.5 Å². The van der Waals surface area contributed by atoms with Crippen molar-refractivity contribution >= 4 is 11.6 Å². The van der Waals surface area contributed by atoms with E-state index in [1.807, 2.05) is 29.2 Å². The molecule has 0 spiro atoms. The zero-order chi connectivity index (χ0) is 15.6. The number of halogens is 1. The number of nitrogens with zero attached hydrogens (tertiary/aromatic N) is 3. The quantitative estimate of drug-likeness (QED) is 0.941. The van der Waals surface area contributed by atoms with Crippen LogP contribution in [0.5, 0.6) is 5.75 Å². The smallest absolute Gasteiger partial charge is 0.155 e. The van der Waals surface area contributed by atoms with E-state index in [0.29, 0.717) is 24.3 Å². The van der Waals surface area contributed by atoms with Crippen LogP contribution in [0.4, 0.5) is 16.0 Å². The number of rotatable bonds is 4. The summed E-state index contributed by atoms with van der Waals surface area (Å²) in [5, 5.41) is 2.97. The second-order valence-corrected chi connectivity index (χ2v) is 5.38. The van der Waals surface area contributed by atoms with Crippen LogP contribution in [0.15, 0.2) is 36.7 Å². The maximum absolute atomic E-state index is 15.3. The second-order valence-electron chi connectivity index (χ2n) is 5.38. The average Bonchev–Trinajstić information content (AvgIpc) is 2.99. The molecule has 0 aliphatic carbocycles. The van der Waals surface area contributed by atoms with E-state index in [0.717, 1.165) is 11.6 Å². The highest BCUT2D eigenvalue weighted by atomic mass is 19.1. The Bertz CT molecular complexity index is 666. The minimum atomic E-state index is -1.39. The molecule has 0 amide bonds. The highest BCUT2D eigenvalue weighted by molar-refractivity contribution is 5.50. The van der Waals surface area contributed by atoms with Gasteiger partial charge in [-0.15, -0.1) is 0 Å². The normalized spacial score (nSPS) is 21.0. The van der Waals surface area contributed by atoms with E-state index < -0.39 is 5.67 Å². The van der Waals surface area contributed by atoms with Crippen LogP contribution in [0.25, 0.3) is 0 Å². The molecule has 1 aliphatic heterocycles. The van der Waals surface area contributed by atoms with Gasteiger partial charge in [-0.25, -0.2) is 14.4 Å². The molecule has 1 fully saturated rings. The molecule has 5 nitrogen and oxygen atoms in total. The zero-order valence-corrected chi connectivity index (χ0v) is 12.7. The van der Waals surface area contributed by atoms with Gasteiger partial charge in [0.15, 0.2) is 5.67 Å². The lowest BCUT2D eigenvalue weighted by Gasteiger charge is -2.22. The molecule has 2 aromatic rings. The van der Waals surface area contributed by atoms with Gasteiger partial charge in [0.05, 0.1) is 13.7 Å². The molecule has 0 saturated carbocycles. The van der Waals surface area contributed by atoms with E-state index in [1.165, 1.54) is 6.33 Å². The molecule has 3 rings (SSSR count). The van der Waals surface area contributed by atoms with Gasteiger partial charge >= 0.3 is 0 Å². The van der Waals surface area contributed by atoms with E-state index in [1.54, 1.807) is 20.2 Å². The predicted octanol–water partition coefficient (Wildman–Crippen LogP) is 2.60. The first-order chi connectivity index (χ1) is 10.6. The van der Waals surface area contributed by atoms with Crippen LogP contribution in [0, 0.1) is 0 Å². The van der Waals surface area contributed by atoms with Crippen LogP contribution >= 0.6 is 0 Å². The van der Waals surface area contributed by atoms with Gasteiger partial charge in [0.25, 0.3) is 0 Å². The molecule has 6 heteroatoms. The number of hydrogen-bond donors (Lipinski definition) is 1. The summed E-state index contributed by atoms with van der Waals surface area (Å²) in [6.07, 6.45) is 1.92. The van der Waals surface area contributed by atoms with Crippen molar-refractivity contribution < 1.29 is 9.13 Å². The Hall–Kier alpha value is -2.37. The Morgan fingerprint density at radius 1 is 1.32 bits per heavy atom. The molecule has 1 aromatic heterocycles. The predicted molar refractivity (Wildman–Crippen MR) is 84.2 cm³/mol. The number of nitrogens with one attached hydrogen (secondary N) is 1. The Balaban J connectivity index is 1.83. The molecule has 22 heavy (non-hydrogen) atoms. The van der Waals surface area contributed by atoms with E-state index in [9.17, 15) is 0 Å². The van der Waals surface area contributed by atoms with Gasteiger partial charge in [0, 0.05) is 26.1 Å². The van der Waals surface area contributed by atoms with Crippen molar-refractivity contribution in [3.8, 4) is 5.75 Å². The standard InChI is InChI=1S/C16H19FN4O/c1-18-14-9-15(20-11-19-14)21-7-6-16(17,10-21)12-4-3-5-13(8-12)22-2/h3-5,8-9,11H,6-7,10H2,1-2H3,(H,18,19,20). The maximum Gasteiger partial charge on any atom is 0.155 e. The maximum atomic E-state index is 15.3. The molecular formula is C16H19FN4O. The van der Waals surface area contributed by atoms with Crippen LogP contribution in [0.3, 0.4) is 0 Å². The Morgan fingerprint density at radius 2 is 2.18 bits per heavy atom. The number of aromatic nitrogens is 2. The summed E-state index contributed by atoms with van der Waals surface area (Å²) in [6.45, 7) is 0.897. The first kappa shape index (κ1) is 14.6. The average molecular weight is 302 g/mol. The number of methoxy groups -OCH3 is 1. The van der Waals surface area contributed by atoms with Gasteiger partial charge < -0.3 is 15.0 Å². The number of hydrogen-bond acceptors (Lipinski definition) is 5. The molecule has 0 bridgehead atoms. The zero-order valence-electron chi connectivity index (χ0n) is 12.7. The third-order valence-corrected chi connectivity index (χ3v) is 4.04. The van der Waals surface area contributed by atoms with Crippen LogP contribution in [-0.2, 0) is 5.67 Å². The van der Waals surface area contributed by atoms with Crippen molar-refractivity contribution in [3.63, 3.8) is 0 Å². The van der Waals surface area contributed by atoms with E-state index >= 15 is 4.39 Å². The first-order valence-electron chi connectivity index (χ1n) is 7.23. The fourth-order valence-electron chi connectivity index (χ4n) is 2.76. The van der Waals surface area contributed by atoms with Crippen molar-refractivity contribution in [2.45, 2.75) is 12.1 Å². The minimum Gasteiger partial charge on any atom is -0.497 e. The number of alkyl halides is 1. The van der Waals surface area contributed by atoms with E-state index in [2.05, 4.69) is 15.3 Å². The summed E-state index contributed by atoms with van der Waals surface area (Å²) < 4.78 is 20.5. The first-order valence-corrected chi connectivity index (χ1v) is 7.23. The van der Waals surface area contributed by atoms with Gasteiger partial charge in [0.1, 0.15) is 23.7 Å². The third kappa shape index (κ3) is 2.68. The van der Waals surface area contributed by atoms with E-state index in [-0.39, 0.29) is 6.54 Å². The fourth-order valence-corrected chi connectivity index (χ4v) is 2.76. The number of ether oxygens (including phenoxy) is 1. The fraction of sp³-hybridized carbons (Fsp3) is 0.375. The summed E-state index contributed by atoms with van der Waals surface area (Å²) in [5.41, 5.74) is -0.739. The monoisotopic (exact) mass is 302 g/mol. The molecule has 1 atom stereocenters. The van der Waals surface area contributed by atoms with Gasteiger partial charge in [-0.3, -0.25) is 0 Å². The molecule has 0 radical (unpaired) electrons. The summed E-state index contributed by atoms with van der Waals surface area (Å²) in [7, 11) is 3.39. The highest BCUT2D eigenvalue weighted by Gasteiger charge is 2.40. The minimum absolute atomic E-state index is 0.278. The summed E-state index contributed by atoms with van der Waals surface area (Å²) >= 11 is 0. The van der Waals surface area contributed by atoms with Gasteiger partial charge in [-0.1, -0.05) is 12.1 Å². The SMILES string of the molecule is CNc1cc(N2CCC(F)(c3cccc(OC)c3)C2)ncn1. The van der Waals surface area contributed by atoms with Crippen LogP contribution < -0.4 is 15.0 Å². The molecule has 116 valence electrons. The number of anilines is 2. The molecule has 1 aliphatic rings. The molecule has 1 N–H and O–H groups in total. The van der Waals surface area contributed by atoms with Gasteiger partial charge in [-0.2, -0.15) is 0 Å². The van der Waals surface area contributed by atoms with Crippen LogP contribution in [0.2, 0.25) is 0 Å². The lowest BCUT2D eigenvalue weighted by molar-refractivity contribution is 0.195. The van der Waals surface area contributed by atoms with Gasteiger partial charge in [0.2, 0.25) is 0 Å². The summed E-state index contributed by atoms with van der Waals surface area (Å²) in [4.78, 5) is 10.3. The highest BCUT2D eigenvalue weighted by Crippen LogP contribution is 2.38. The summed E-state index contributed by atoms with van der Waals surface area (Å²) in [6, 6.07) is 9.05. The molecule has 1 unspecified atom stereocenters. The molecule has 2 heterocycles. The molecule has 1 saturated heterocycles. The molecule has 1 aromatic carbocycles.